The zero-order valence-electron chi connectivity index (χ0n) is 9.66. The summed E-state index contributed by atoms with van der Waals surface area (Å²) in [5.74, 6) is -0.455. The average Bonchev–Trinajstić information content (AvgIpc) is 2.29. The van der Waals surface area contributed by atoms with Crippen LogP contribution in [0.1, 0.15) is 12.8 Å². The first-order valence-electron chi connectivity index (χ1n) is 5.50. The van der Waals surface area contributed by atoms with Gasteiger partial charge in [-0.2, -0.15) is 0 Å². The van der Waals surface area contributed by atoms with Crippen molar-refractivity contribution in [1.82, 2.24) is 15.5 Å². The molecule has 0 aromatic heterocycles. The molecular formula is C11H19N3O2. The number of piperidine rings is 1. The highest BCUT2D eigenvalue weighted by atomic mass is 16.2. The van der Waals surface area contributed by atoms with Crippen molar-refractivity contribution >= 4 is 11.8 Å². The number of nitrogens with zero attached hydrogens (tertiary/aromatic N) is 1. The van der Waals surface area contributed by atoms with Gasteiger partial charge in [0.05, 0.1) is 6.54 Å². The summed E-state index contributed by atoms with van der Waals surface area (Å²) in [5, 5.41) is 5.36. The molecule has 1 aliphatic rings. The number of hydrogen-bond acceptors (Lipinski definition) is 3. The van der Waals surface area contributed by atoms with Gasteiger partial charge in [-0.3, -0.25) is 9.59 Å². The van der Waals surface area contributed by atoms with Gasteiger partial charge in [-0.25, -0.2) is 0 Å². The van der Waals surface area contributed by atoms with Crippen molar-refractivity contribution in [3.05, 3.63) is 12.7 Å². The molecule has 1 heterocycles. The predicted molar refractivity (Wildman–Crippen MR) is 61.9 cm³/mol. The standard InChI is InChI=1S/C11H19N3O2/c1-3-10(15)12-8-11(16)13-9-4-6-14(2)7-5-9/h3,9H,1,4-8H2,2H3,(H,12,15)(H,13,16). The molecule has 1 fully saturated rings. The normalized spacial score (nSPS) is 17.8. The monoisotopic (exact) mass is 225 g/mol. The molecule has 1 rings (SSSR count). The minimum atomic E-state index is -0.321. The number of hydrogen-bond donors (Lipinski definition) is 2. The molecule has 0 radical (unpaired) electrons. The minimum absolute atomic E-state index is 0.0250. The molecule has 5 nitrogen and oxygen atoms in total. The third kappa shape index (κ3) is 4.44. The van der Waals surface area contributed by atoms with Crippen molar-refractivity contribution in [1.29, 1.82) is 0 Å². The van der Waals surface area contributed by atoms with E-state index in [2.05, 4.69) is 29.2 Å². The van der Waals surface area contributed by atoms with E-state index in [4.69, 9.17) is 0 Å². The fourth-order valence-electron chi connectivity index (χ4n) is 1.67. The Morgan fingerprint density at radius 1 is 1.44 bits per heavy atom. The topological polar surface area (TPSA) is 61.4 Å². The van der Waals surface area contributed by atoms with E-state index >= 15 is 0 Å². The van der Waals surface area contributed by atoms with Crippen molar-refractivity contribution in [3.63, 3.8) is 0 Å². The highest BCUT2D eigenvalue weighted by Crippen LogP contribution is 2.07. The summed E-state index contributed by atoms with van der Waals surface area (Å²) in [5.41, 5.74) is 0. The molecule has 90 valence electrons. The van der Waals surface area contributed by atoms with Crippen LogP contribution in [0, 0.1) is 0 Å². The first-order valence-corrected chi connectivity index (χ1v) is 5.50. The van der Waals surface area contributed by atoms with Crippen LogP contribution in [-0.2, 0) is 9.59 Å². The molecule has 0 aromatic carbocycles. The molecular weight excluding hydrogens is 206 g/mol. The number of nitrogens with one attached hydrogen (secondary N) is 2. The number of likely N-dealkylation sites (tertiary alicyclic amines) is 1. The fourth-order valence-corrected chi connectivity index (χ4v) is 1.67. The van der Waals surface area contributed by atoms with Gasteiger partial charge in [0.2, 0.25) is 11.8 Å². The number of rotatable bonds is 4. The SMILES string of the molecule is C=CC(=O)NCC(=O)NC1CCN(C)CC1. The number of carbonyl (C=O) groups is 2. The Balaban J connectivity index is 2.19. The van der Waals surface area contributed by atoms with E-state index in [9.17, 15) is 9.59 Å². The molecule has 0 spiro atoms. The highest BCUT2D eigenvalue weighted by Gasteiger charge is 2.18. The third-order valence-corrected chi connectivity index (χ3v) is 2.69. The summed E-state index contributed by atoms with van der Waals surface area (Å²) in [6, 6.07) is 0.240. The Kier molecular flexibility index (Phi) is 4.98. The summed E-state index contributed by atoms with van der Waals surface area (Å²) in [7, 11) is 2.07. The quantitative estimate of drug-likeness (QED) is 0.634. The lowest BCUT2D eigenvalue weighted by Gasteiger charge is -2.29. The smallest absolute Gasteiger partial charge is 0.243 e. The summed E-state index contributed by atoms with van der Waals surface area (Å²) in [6.07, 6.45) is 3.10. The maximum absolute atomic E-state index is 11.4. The molecule has 0 unspecified atom stereocenters. The van der Waals surface area contributed by atoms with Crippen LogP contribution in [-0.4, -0.2) is 49.4 Å². The van der Waals surface area contributed by atoms with Crippen molar-refractivity contribution < 1.29 is 9.59 Å². The first kappa shape index (κ1) is 12.7. The Bertz CT molecular complexity index is 270. The van der Waals surface area contributed by atoms with Crippen molar-refractivity contribution in [3.8, 4) is 0 Å². The zero-order chi connectivity index (χ0) is 12.0. The van der Waals surface area contributed by atoms with Crippen LogP contribution in [0.15, 0.2) is 12.7 Å². The maximum atomic E-state index is 11.4. The third-order valence-electron chi connectivity index (χ3n) is 2.69. The van der Waals surface area contributed by atoms with Crippen molar-refractivity contribution in [2.24, 2.45) is 0 Å². The molecule has 16 heavy (non-hydrogen) atoms. The van der Waals surface area contributed by atoms with Crippen molar-refractivity contribution in [2.45, 2.75) is 18.9 Å². The number of carbonyl (C=O) groups excluding carboxylic acids is 2. The second-order valence-electron chi connectivity index (χ2n) is 4.07. The van der Waals surface area contributed by atoms with E-state index in [1.807, 2.05) is 0 Å². The van der Waals surface area contributed by atoms with E-state index in [0.717, 1.165) is 32.0 Å². The van der Waals surface area contributed by atoms with Gasteiger partial charge in [0.1, 0.15) is 0 Å². The molecule has 1 aliphatic heterocycles. The Labute approximate surface area is 95.9 Å². The van der Waals surface area contributed by atoms with Gasteiger partial charge in [-0.05, 0) is 39.1 Å². The van der Waals surface area contributed by atoms with Crippen LogP contribution >= 0.6 is 0 Å². The minimum Gasteiger partial charge on any atom is -0.352 e. The molecule has 5 heteroatoms. The van der Waals surface area contributed by atoms with Gasteiger partial charge in [0, 0.05) is 6.04 Å². The van der Waals surface area contributed by atoms with E-state index in [0.29, 0.717) is 0 Å². The largest absolute Gasteiger partial charge is 0.352 e. The molecule has 0 saturated carbocycles. The zero-order valence-corrected chi connectivity index (χ0v) is 9.66. The molecule has 0 aromatic rings. The van der Waals surface area contributed by atoms with Gasteiger partial charge in [-0.15, -0.1) is 0 Å². The van der Waals surface area contributed by atoms with Gasteiger partial charge in [0.25, 0.3) is 0 Å². The van der Waals surface area contributed by atoms with E-state index in [-0.39, 0.29) is 24.4 Å². The highest BCUT2D eigenvalue weighted by molar-refractivity contribution is 5.90. The predicted octanol–water partition coefficient (Wildman–Crippen LogP) is -0.501. The molecule has 0 bridgehead atoms. The molecule has 1 saturated heterocycles. The molecule has 0 aliphatic carbocycles. The van der Waals surface area contributed by atoms with Crippen LogP contribution in [0.2, 0.25) is 0 Å². The van der Waals surface area contributed by atoms with Crippen LogP contribution in [0.25, 0.3) is 0 Å². The van der Waals surface area contributed by atoms with Crippen LogP contribution < -0.4 is 10.6 Å². The van der Waals surface area contributed by atoms with E-state index < -0.39 is 0 Å². The van der Waals surface area contributed by atoms with Gasteiger partial charge >= 0.3 is 0 Å². The Morgan fingerprint density at radius 3 is 2.62 bits per heavy atom. The van der Waals surface area contributed by atoms with Crippen LogP contribution in [0.3, 0.4) is 0 Å². The van der Waals surface area contributed by atoms with E-state index in [1.165, 1.54) is 0 Å². The van der Waals surface area contributed by atoms with Gasteiger partial charge in [-0.1, -0.05) is 6.58 Å². The average molecular weight is 225 g/mol. The summed E-state index contributed by atoms with van der Waals surface area (Å²) >= 11 is 0. The Morgan fingerprint density at radius 2 is 2.06 bits per heavy atom. The van der Waals surface area contributed by atoms with E-state index in [1.54, 1.807) is 0 Å². The van der Waals surface area contributed by atoms with Crippen LogP contribution in [0.4, 0.5) is 0 Å². The molecule has 2 N–H and O–H groups in total. The second-order valence-corrected chi connectivity index (χ2v) is 4.07. The maximum Gasteiger partial charge on any atom is 0.243 e. The Hall–Kier alpha value is -1.36. The molecule has 2 amide bonds. The summed E-state index contributed by atoms with van der Waals surface area (Å²) in [6.45, 7) is 5.35. The van der Waals surface area contributed by atoms with Crippen LogP contribution in [0.5, 0.6) is 0 Å². The molecule has 0 atom stereocenters. The first-order chi connectivity index (χ1) is 7.61. The van der Waals surface area contributed by atoms with Gasteiger partial charge in [0.15, 0.2) is 0 Å². The lowest BCUT2D eigenvalue weighted by molar-refractivity contribution is -0.124. The second kappa shape index (κ2) is 6.27. The summed E-state index contributed by atoms with van der Waals surface area (Å²) < 4.78 is 0. The lowest BCUT2D eigenvalue weighted by atomic mass is 10.1. The number of amides is 2. The van der Waals surface area contributed by atoms with Gasteiger partial charge < -0.3 is 15.5 Å². The fraction of sp³-hybridized carbons (Fsp3) is 0.636. The van der Waals surface area contributed by atoms with Crippen molar-refractivity contribution in [2.75, 3.05) is 26.7 Å². The summed E-state index contributed by atoms with van der Waals surface area (Å²) in [4.78, 5) is 24.5. The lowest BCUT2D eigenvalue weighted by Crippen LogP contribution is -2.46.